The van der Waals surface area contributed by atoms with Crippen molar-refractivity contribution in [1.29, 1.82) is 5.26 Å². The molecule has 0 radical (unpaired) electrons. The van der Waals surface area contributed by atoms with E-state index in [0.29, 0.717) is 6.42 Å². The van der Waals surface area contributed by atoms with Gasteiger partial charge in [0.2, 0.25) is 0 Å². The number of hydrogen-bond acceptors (Lipinski definition) is 1. The summed E-state index contributed by atoms with van der Waals surface area (Å²) in [7, 11) is 0. The largest absolute Gasteiger partial charge is 0.198 e. The van der Waals surface area contributed by atoms with Gasteiger partial charge in [-0.1, -0.05) is 43.0 Å². The summed E-state index contributed by atoms with van der Waals surface area (Å²) in [6.45, 7) is 8.00. The highest BCUT2D eigenvalue weighted by molar-refractivity contribution is 5.86. The lowest BCUT2D eigenvalue weighted by Gasteiger charge is -2.17. The van der Waals surface area contributed by atoms with Crippen LogP contribution in [0.1, 0.15) is 25.8 Å². The van der Waals surface area contributed by atoms with Crippen molar-refractivity contribution in [3.05, 3.63) is 54.6 Å². The van der Waals surface area contributed by atoms with Gasteiger partial charge in [-0.3, -0.25) is 0 Å². The molecule has 1 heteroatoms. The van der Waals surface area contributed by atoms with Crippen LogP contribution in [0.15, 0.2) is 49.0 Å². The van der Waals surface area contributed by atoms with Gasteiger partial charge in [-0.05, 0) is 48.2 Å². The highest BCUT2D eigenvalue weighted by atomic mass is 14.3. The van der Waals surface area contributed by atoms with Crippen molar-refractivity contribution in [1.82, 2.24) is 0 Å². The molecule has 0 saturated heterocycles. The fraction of sp³-hybridized carbons (Fsp3) is 0.235. The maximum atomic E-state index is 9.07. The second kappa shape index (κ2) is 4.66. The average Bonchev–Trinajstić information content (AvgIpc) is 2.37. The van der Waals surface area contributed by atoms with E-state index < -0.39 is 0 Å². The lowest BCUT2D eigenvalue weighted by molar-refractivity contribution is 0.513. The fourth-order valence-corrected chi connectivity index (χ4v) is 2.08. The Morgan fingerprint density at radius 2 is 1.83 bits per heavy atom. The minimum atomic E-state index is -0.358. The van der Waals surface area contributed by atoms with Crippen molar-refractivity contribution in [3.63, 3.8) is 0 Å². The molecule has 0 heterocycles. The lowest BCUT2D eigenvalue weighted by atomic mass is 9.85. The molecule has 0 spiro atoms. The number of hydrogen-bond donors (Lipinski definition) is 0. The van der Waals surface area contributed by atoms with Crippen molar-refractivity contribution in [2.75, 3.05) is 0 Å². The zero-order chi connectivity index (χ0) is 13.2. The molecule has 2 aromatic rings. The molecular formula is C17H17N. The fourth-order valence-electron chi connectivity index (χ4n) is 2.08. The third kappa shape index (κ3) is 2.60. The van der Waals surface area contributed by atoms with E-state index in [1.165, 1.54) is 10.8 Å². The molecule has 0 aliphatic rings. The monoisotopic (exact) mass is 235 g/mol. The van der Waals surface area contributed by atoms with Gasteiger partial charge in [0.15, 0.2) is 0 Å². The summed E-state index contributed by atoms with van der Waals surface area (Å²) < 4.78 is 0. The van der Waals surface area contributed by atoms with Gasteiger partial charge < -0.3 is 0 Å². The van der Waals surface area contributed by atoms with E-state index in [1.807, 2.05) is 26.0 Å². The molecule has 1 nitrogen and oxygen atoms in total. The normalized spacial score (nSPS) is 11.2. The third-order valence-corrected chi connectivity index (χ3v) is 3.12. The number of fused-ring (bicyclic) bond motifs is 1. The van der Waals surface area contributed by atoms with E-state index in [0.717, 1.165) is 11.1 Å². The smallest absolute Gasteiger partial charge is 0.0687 e. The van der Waals surface area contributed by atoms with Crippen molar-refractivity contribution >= 4 is 16.3 Å². The predicted molar refractivity (Wildman–Crippen MR) is 77.0 cm³/mol. The van der Waals surface area contributed by atoms with Crippen molar-refractivity contribution in [3.8, 4) is 6.07 Å². The molecule has 0 aromatic heterocycles. The van der Waals surface area contributed by atoms with E-state index in [4.69, 9.17) is 5.26 Å². The van der Waals surface area contributed by atoms with Gasteiger partial charge in [-0.15, -0.1) is 0 Å². The van der Waals surface area contributed by atoms with E-state index in [-0.39, 0.29) is 5.41 Å². The minimum Gasteiger partial charge on any atom is -0.198 e. The van der Waals surface area contributed by atoms with Gasteiger partial charge in [-0.2, -0.15) is 5.26 Å². The molecule has 0 unspecified atom stereocenters. The average molecular weight is 235 g/mol. The van der Waals surface area contributed by atoms with Crippen LogP contribution in [-0.4, -0.2) is 0 Å². The number of rotatable bonds is 3. The molecule has 18 heavy (non-hydrogen) atoms. The van der Waals surface area contributed by atoms with Crippen LogP contribution in [0.2, 0.25) is 0 Å². The topological polar surface area (TPSA) is 23.8 Å². The minimum absolute atomic E-state index is 0.358. The zero-order valence-corrected chi connectivity index (χ0v) is 10.9. The van der Waals surface area contributed by atoms with E-state index in [1.54, 1.807) is 0 Å². The second-order valence-corrected chi connectivity index (χ2v) is 5.34. The third-order valence-electron chi connectivity index (χ3n) is 3.12. The van der Waals surface area contributed by atoms with Gasteiger partial charge in [0.25, 0.3) is 0 Å². The predicted octanol–water partition coefficient (Wildman–Crippen LogP) is 4.79. The summed E-state index contributed by atoms with van der Waals surface area (Å²) in [4.78, 5) is 0. The molecule has 0 N–H and O–H groups in total. The van der Waals surface area contributed by atoms with Crippen LogP contribution in [-0.2, 0) is 0 Å². The first-order valence-corrected chi connectivity index (χ1v) is 6.10. The van der Waals surface area contributed by atoms with Crippen LogP contribution in [0.4, 0.5) is 0 Å². The lowest BCUT2D eigenvalue weighted by Crippen LogP contribution is -2.08. The van der Waals surface area contributed by atoms with Crippen LogP contribution < -0.4 is 0 Å². The SMILES string of the molecule is C=C(CC(C)(C)C#N)c1ccc2ccccc2c1. The summed E-state index contributed by atoms with van der Waals surface area (Å²) in [6.07, 6.45) is 0.696. The molecule has 0 aliphatic heterocycles. The quantitative estimate of drug-likeness (QED) is 0.750. The van der Waals surface area contributed by atoms with Gasteiger partial charge in [0.05, 0.1) is 11.5 Å². The first-order chi connectivity index (χ1) is 8.52. The summed E-state index contributed by atoms with van der Waals surface area (Å²) in [6, 6.07) is 16.9. The Hall–Kier alpha value is -2.07. The molecule has 0 amide bonds. The Balaban J connectivity index is 2.32. The van der Waals surface area contributed by atoms with E-state index in [9.17, 15) is 0 Å². The molecular weight excluding hydrogens is 218 g/mol. The maximum Gasteiger partial charge on any atom is 0.0687 e. The second-order valence-electron chi connectivity index (χ2n) is 5.34. The van der Waals surface area contributed by atoms with Crippen LogP contribution in [0.5, 0.6) is 0 Å². The summed E-state index contributed by atoms with van der Waals surface area (Å²) >= 11 is 0. The molecule has 0 fully saturated rings. The van der Waals surface area contributed by atoms with Crippen LogP contribution in [0.25, 0.3) is 16.3 Å². The highest BCUT2D eigenvalue weighted by Gasteiger charge is 2.18. The Bertz CT molecular complexity index is 629. The summed E-state index contributed by atoms with van der Waals surface area (Å²) in [5.74, 6) is 0. The van der Waals surface area contributed by atoms with Crippen LogP contribution >= 0.6 is 0 Å². The number of nitriles is 1. The summed E-state index contributed by atoms with van der Waals surface area (Å²) in [5, 5.41) is 11.5. The standard InChI is InChI=1S/C17H17N/c1-13(11-17(2,3)12-18)15-9-8-14-6-4-5-7-16(14)10-15/h4-10H,1,11H2,2-3H3. The van der Waals surface area contributed by atoms with Crippen molar-refractivity contribution < 1.29 is 0 Å². The first-order valence-electron chi connectivity index (χ1n) is 6.10. The van der Waals surface area contributed by atoms with Gasteiger partial charge in [0, 0.05) is 0 Å². The molecule has 2 rings (SSSR count). The molecule has 0 saturated carbocycles. The van der Waals surface area contributed by atoms with Gasteiger partial charge >= 0.3 is 0 Å². The first kappa shape index (κ1) is 12.4. The number of nitrogens with zero attached hydrogens (tertiary/aromatic N) is 1. The van der Waals surface area contributed by atoms with Crippen molar-refractivity contribution in [2.24, 2.45) is 5.41 Å². The van der Waals surface area contributed by atoms with Crippen molar-refractivity contribution in [2.45, 2.75) is 20.3 Å². The number of benzene rings is 2. The molecule has 0 aliphatic carbocycles. The summed E-state index contributed by atoms with van der Waals surface area (Å²) in [5.41, 5.74) is 1.78. The zero-order valence-electron chi connectivity index (χ0n) is 10.9. The maximum absolute atomic E-state index is 9.07. The van der Waals surface area contributed by atoms with Crippen LogP contribution in [0, 0.1) is 16.7 Å². The molecule has 0 bridgehead atoms. The van der Waals surface area contributed by atoms with Gasteiger partial charge in [0.1, 0.15) is 0 Å². The van der Waals surface area contributed by atoms with E-state index in [2.05, 4.69) is 43.0 Å². The molecule has 2 aromatic carbocycles. The van der Waals surface area contributed by atoms with Gasteiger partial charge in [-0.25, -0.2) is 0 Å². The Morgan fingerprint density at radius 3 is 2.50 bits per heavy atom. The highest BCUT2D eigenvalue weighted by Crippen LogP contribution is 2.30. The van der Waals surface area contributed by atoms with Crippen LogP contribution in [0.3, 0.4) is 0 Å². The van der Waals surface area contributed by atoms with E-state index >= 15 is 0 Å². The Kier molecular flexibility index (Phi) is 3.21. The Labute approximate surface area is 108 Å². The number of allylic oxidation sites excluding steroid dienone is 1. The molecule has 0 atom stereocenters. The molecule has 90 valence electrons. The Morgan fingerprint density at radius 1 is 1.17 bits per heavy atom.